The van der Waals surface area contributed by atoms with E-state index in [-0.39, 0.29) is 22.4 Å². The molecule has 0 aliphatic heterocycles. The molecule has 0 saturated heterocycles. The molecule has 1 amide bonds. The summed E-state index contributed by atoms with van der Waals surface area (Å²) in [5, 5.41) is 12.0. The van der Waals surface area contributed by atoms with Crippen LogP contribution in [0.3, 0.4) is 0 Å². The predicted molar refractivity (Wildman–Crippen MR) is 83.0 cm³/mol. The van der Waals surface area contributed by atoms with E-state index < -0.39 is 5.97 Å². The molecule has 2 N–H and O–H groups in total. The number of hydrogen-bond acceptors (Lipinski definition) is 3. The van der Waals surface area contributed by atoms with Gasteiger partial charge in [-0.25, -0.2) is 4.79 Å². The van der Waals surface area contributed by atoms with Gasteiger partial charge in [0.15, 0.2) is 0 Å². The monoisotopic (exact) mass is 316 g/mol. The number of carbonyl (C=O) groups excluding carboxylic acids is 1. The molecule has 1 aromatic heterocycles. The average Bonchev–Trinajstić information content (AvgIpc) is 3.31. The molecule has 1 aliphatic rings. The van der Waals surface area contributed by atoms with Crippen molar-refractivity contribution in [1.82, 2.24) is 4.98 Å². The van der Waals surface area contributed by atoms with Crippen LogP contribution in [-0.2, 0) is 4.79 Å². The van der Waals surface area contributed by atoms with Gasteiger partial charge >= 0.3 is 5.97 Å². The van der Waals surface area contributed by atoms with Gasteiger partial charge in [0.25, 0.3) is 0 Å². The highest BCUT2D eigenvalue weighted by Gasteiger charge is 2.29. The second-order valence-corrected chi connectivity index (χ2v) is 5.63. The summed E-state index contributed by atoms with van der Waals surface area (Å²) in [6, 6.07) is 6.49. The lowest BCUT2D eigenvalue weighted by molar-refractivity contribution is -0.117. The third kappa shape index (κ3) is 3.09. The lowest BCUT2D eigenvalue weighted by atomic mass is 10.1. The van der Waals surface area contributed by atoms with Gasteiger partial charge in [-0.15, -0.1) is 0 Å². The summed E-state index contributed by atoms with van der Waals surface area (Å²) in [4.78, 5) is 26.8. The number of hydrogen-bond donors (Lipinski definition) is 2. The maximum absolute atomic E-state index is 11.8. The lowest BCUT2D eigenvalue weighted by Gasteiger charge is -2.08. The highest BCUT2D eigenvalue weighted by atomic mass is 35.5. The van der Waals surface area contributed by atoms with Crippen LogP contribution in [0.2, 0.25) is 5.02 Å². The Bertz CT molecular complexity index is 757. The van der Waals surface area contributed by atoms with Crippen LogP contribution in [0.15, 0.2) is 36.7 Å². The number of rotatable bonds is 4. The van der Waals surface area contributed by atoms with Gasteiger partial charge in [-0.1, -0.05) is 17.7 Å². The number of anilines is 1. The van der Waals surface area contributed by atoms with Gasteiger partial charge in [0.1, 0.15) is 0 Å². The summed E-state index contributed by atoms with van der Waals surface area (Å²) < 4.78 is 0. The van der Waals surface area contributed by atoms with Crippen molar-refractivity contribution in [2.24, 2.45) is 5.92 Å². The smallest absolute Gasteiger partial charge is 0.337 e. The number of amides is 1. The molecule has 1 fully saturated rings. The first-order valence-corrected chi connectivity index (χ1v) is 7.21. The number of pyridine rings is 1. The highest BCUT2D eigenvalue weighted by Crippen LogP contribution is 2.31. The third-order valence-corrected chi connectivity index (χ3v) is 3.80. The Morgan fingerprint density at radius 2 is 1.95 bits per heavy atom. The molecule has 1 aliphatic carbocycles. The van der Waals surface area contributed by atoms with Crippen LogP contribution < -0.4 is 5.32 Å². The molecule has 0 radical (unpaired) electrons. The van der Waals surface area contributed by atoms with E-state index in [1.165, 1.54) is 6.07 Å². The Morgan fingerprint density at radius 1 is 1.18 bits per heavy atom. The van der Waals surface area contributed by atoms with E-state index in [4.69, 9.17) is 16.7 Å². The predicted octanol–water partition coefficient (Wildman–Crippen LogP) is 3.45. The van der Waals surface area contributed by atoms with Gasteiger partial charge in [0, 0.05) is 17.7 Å². The Hall–Kier alpha value is -2.40. The highest BCUT2D eigenvalue weighted by molar-refractivity contribution is 6.33. The van der Waals surface area contributed by atoms with E-state index in [1.807, 2.05) is 0 Å². The van der Waals surface area contributed by atoms with Gasteiger partial charge in [0.2, 0.25) is 5.91 Å². The number of carbonyl (C=O) groups is 2. The molecule has 1 saturated carbocycles. The molecule has 3 rings (SSSR count). The van der Waals surface area contributed by atoms with Gasteiger partial charge < -0.3 is 10.4 Å². The Kier molecular flexibility index (Phi) is 3.81. The van der Waals surface area contributed by atoms with Crippen LogP contribution in [-0.4, -0.2) is 22.0 Å². The van der Waals surface area contributed by atoms with Gasteiger partial charge in [-0.3, -0.25) is 9.78 Å². The van der Waals surface area contributed by atoms with Gasteiger partial charge in [-0.2, -0.15) is 0 Å². The zero-order valence-electron chi connectivity index (χ0n) is 11.5. The van der Waals surface area contributed by atoms with Crippen molar-refractivity contribution in [2.45, 2.75) is 12.8 Å². The number of aromatic nitrogens is 1. The van der Waals surface area contributed by atoms with Gasteiger partial charge in [-0.05, 0) is 36.6 Å². The summed E-state index contributed by atoms with van der Waals surface area (Å²) in [6.07, 6.45) is 5.09. The molecule has 0 unspecified atom stereocenters. The fraction of sp³-hybridized carbons (Fsp3) is 0.188. The van der Waals surface area contributed by atoms with Crippen LogP contribution in [0, 0.1) is 5.92 Å². The first kappa shape index (κ1) is 14.5. The minimum Gasteiger partial charge on any atom is -0.478 e. The molecular formula is C16H13ClN2O3. The number of nitrogens with one attached hydrogen (secondary N) is 1. The zero-order chi connectivity index (χ0) is 15.7. The fourth-order valence-corrected chi connectivity index (χ4v) is 2.39. The standard InChI is InChI=1S/C16H13ClN2O3/c17-14-6-10(3-4-13(14)16(21)22)11-5-12(8-18-7-11)19-15(20)9-1-2-9/h3-9H,1-2H2,(H,19,20)(H,21,22). The molecule has 0 bridgehead atoms. The molecule has 6 heteroatoms. The van der Waals surface area contributed by atoms with Crippen molar-refractivity contribution in [3.63, 3.8) is 0 Å². The number of carboxylic acid groups (broad SMARTS) is 1. The molecule has 112 valence electrons. The number of nitrogens with zero attached hydrogens (tertiary/aromatic N) is 1. The summed E-state index contributed by atoms with van der Waals surface area (Å²) in [5.41, 5.74) is 2.17. The Labute approximate surface area is 131 Å². The number of carboxylic acids is 1. The lowest BCUT2D eigenvalue weighted by Crippen LogP contribution is -2.13. The Balaban J connectivity index is 1.86. The van der Waals surface area contributed by atoms with Crippen LogP contribution >= 0.6 is 11.6 Å². The number of aromatic carboxylic acids is 1. The number of halogens is 1. The van der Waals surface area contributed by atoms with Crippen molar-refractivity contribution in [3.8, 4) is 11.1 Å². The second-order valence-electron chi connectivity index (χ2n) is 5.23. The van der Waals surface area contributed by atoms with E-state index >= 15 is 0 Å². The summed E-state index contributed by atoms with van der Waals surface area (Å²) >= 11 is 5.98. The maximum atomic E-state index is 11.8. The first-order chi connectivity index (χ1) is 10.5. The largest absolute Gasteiger partial charge is 0.478 e. The Morgan fingerprint density at radius 3 is 2.59 bits per heavy atom. The molecule has 0 spiro atoms. The second kappa shape index (κ2) is 5.77. The molecular weight excluding hydrogens is 304 g/mol. The SMILES string of the molecule is O=C(O)c1ccc(-c2cncc(NC(=O)C3CC3)c2)cc1Cl. The van der Waals surface area contributed by atoms with E-state index in [2.05, 4.69) is 10.3 Å². The number of benzene rings is 1. The molecule has 22 heavy (non-hydrogen) atoms. The van der Waals surface area contributed by atoms with E-state index in [0.717, 1.165) is 24.0 Å². The molecule has 2 aromatic rings. The third-order valence-electron chi connectivity index (χ3n) is 3.49. The minimum absolute atomic E-state index is 0.0122. The van der Waals surface area contributed by atoms with Crippen molar-refractivity contribution in [3.05, 3.63) is 47.2 Å². The van der Waals surface area contributed by atoms with Crippen molar-refractivity contribution < 1.29 is 14.7 Å². The molecule has 5 nitrogen and oxygen atoms in total. The van der Waals surface area contributed by atoms with Crippen LogP contribution in [0.4, 0.5) is 5.69 Å². The van der Waals surface area contributed by atoms with Crippen molar-refractivity contribution in [2.75, 3.05) is 5.32 Å². The van der Waals surface area contributed by atoms with E-state index in [1.54, 1.807) is 30.6 Å². The summed E-state index contributed by atoms with van der Waals surface area (Å²) in [5.74, 6) is -0.939. The van der Waals surface area contributed by atoms with E-state index in [9.17, 15) is 9.59 Å². The van der Waals surface area contributed by atoms with Gasteiger partial charge in [0.05, 0.1) is 22.5 Å². The summed E-state index contributed by atoms with van der Waals surface area (Å²) in [6.45, 7) is 0. The summed E-state index contributed by atoms with van der Waals surface area (Å²) in [7, 11) is 0. The van der Waals surface area contributed by atoms with E-state index in [0.29, 0.717) is 5.69 Å². The normalized spacial score (nSPS) is 13.7. The molecule has 1 heterocycles. The van der Waals surface area contributed by atoms with Crippen molar-refractivity contribution >= 4 is 29.2 Å². The van der Waals surface area contributed by atoms with Crippen molar-refractivity contribution in [1.29, 1.82) is 0 Å². The fourth-order valence-electron chi connectivity index (χ4n) is 2.12. The maximum Gasteiger partial charge on any atom is 0.337 e. The topological polar surface area (TPSA) is 79.3 Å². The first-order valence-electron chi connectivity index (χ1n) is 6.84. The zero-order valence-corrected chi connectivity index (χ0v) is 12.3. The van der Waals surface area contributed by atoms with Crippen LogP contribution in [0.5, 0.6) is 0 Å². The molecule has 1 aromatic carbocycles. The quantitative estimate of drug-likeness (QED) is 0.905. The van der Waals surface area contributed by atoms with Crippen LogP contribution in [0.25, 0.3) is 11.1 Å². The average molecular weight is 317 g/mol. The molecule has 0 atom stereocenters. The van der Waals surface area contributed by atoms with Crippen LogP contribution in [0.1, 0.15) is 23.2 Å². The minimum atomic E-state index is -1.07.